The molecule has 0 bridgehead atoms. The van der Waals surface area contributed by atoms with Crippen LogP contribution < -0.4 is 5.32 Å². The second kappa shape index (κ2) is 8.13. The van der Waals surface area contributed by atoms with Crippen LogP contribution in [0.3, 0.4) is 0 Å². The lowest BCUT2D eigenvalue weighted by atomic mass is 9.91. The summed E-state index contributed by atoms with van der Waals surface area (Å²) in [5, 5.41) is 2.98. The number of carbonyl (C=O) groups is 1. The van der Waals surface area contributed by atoms with Crippen molar-refractivity contribution in [1.29, 1.82) is 0 Å². The Morgan fingerprint density at radius 2 is 1.83 bits per heavy atom. The average Bonchev–Trinajstić information content (AvgIpc) is 3.07. The summed E-state index contributed by atoms with van der Waals surface area (Å²) < 4.78 is 5.41. The minimum absolute atomic E-state index is 0.0212. The lowest BCUT2D eigenvalue weighted by molar-refractivity contribution is -0.130. The van der Waals surface area contributed by atoms with Crippen molar-refractivity contribution >= 4 is 5.91 Å². The van der Waals surface area contributed by atoms with Crippen molar-refractivity contribution < 1.29 is 9.53 Å². The van der Waals surface area contributed by atoms with E-state index in [1.807, 2.05) is 0 Å². The zero-order chi connectivity index (χ0) is 16.9. The number of nitrogens with one attached hydrogen (secondary N) is 1. The maximum Gasteiger partial charge on any atom is 0.249 e. The number of benzene rings is 1. The summed E-state index contributed by atoms with van der Waals surface area (Å²) in [6.07, 6.45) is 2.94. The Bertz CT molecular complexity index is 527. The summed E-state index contributed by atoms with van der Waals surface area (Å²) in [5.41, 5.74) is 2.50. The van der Waals surface area contributed by atoms with Gasteiger partial charge in [-0.3, -0.25) is 9.69 Å². The van der Waals surface area contributed by atoms with Crippen molar-refractivity contribution in [2.45, 2.75) is 52.3 Å². The molecule has 1 aromatic rings. The number of hydrogen-bond acceptors (Lipinski definition) is 3. The summed E-state index contributed by atoms with van der Waals surface area (Å²) in [5.74, 6) is 1.61. The number of nitrogens with zero attached hydrogens (tertiary/aromatic N) is 1. The molecule has 132 valence electrons. The molecule has 24 heavy (non-hydrogen) atoms. The van der Waals surface area contributed by atoms with Gasteiger partial charge in [0, 0.05) is 32.8 Å². The molecule has 1 N–H and O–H groups in total. The van der Waals surface area contributed by atoms with E-state index in [1.165, 1.54) is 25.1 Å². The fourth-order valence-corrected chi connectivity index (χ4v) is 4.03. The number of rotatable bonds is 5. The average molecular weight is 330 g/mol. The zero-order valence-electron chi connectivity index (χ0n) is 15.0. The van der Waals surface area contributed by atoms with Gasteiger partial charge in [-0.15, -0.1) is 0 Å². The molecule has 3 atom stereocenters. The van der Waals surface area contributed by atoms with E-state index in [-0.39, 0.29) is 12.0 Å². The Kier molecular flexibility index (Phi) is 5.90. The maximum absolute atomic E-state index is 12.0. The van der Waals surface area contributed by atoms with Crippen molar-refractivity contribution in [2.24, 2.45) is 11.8 Å². The SMILES string of the molecule is C[C@H]1C[C@H](C)CN(Cc2ccc(CNC(=O)[C@@H]3CCCO3)cc2)C1. The van der Waals surface area contributed by atoms with Crippen molar-refractivity contribution in [3.63, 3.8) is 0 Å². The molecule has 0 unspecified atom stereocenters. The highest BCUT2D eigenvalue weighted by Gasteiger charge is 2.23. The van der Waals surface area contributed by atoms with Crippen molar-refractivity contribution in [2.75, 3.05) is 19.7 Å². The van der Waals surface area contributed by atoms with Gasteiger partial charge in [-0.25, -0.2) is 0 Å². The maximum atomic E-state index is 12.0. The first kappa shape index (κ1) is 17.4. The normalized spacial score (nSPS) is 28.0. The van der Waals surface area contributed by atoms with Gasteiger partial charge in [0.25, 0.3) is 0 Å². The molecule has 2 aliphatic rings. The Morgan fingerprint density at radius 1 is 1.17 bits per heavy atom. The predicted octanol–water partition coefficient (Wildman–Crippen LogP) is 2.96. The fourth-order valence-electron chi connectivity index (χ4n) is 4.03. The van der Waals surface area contributed by atoms with E-state index in [1.54, 1.807) is 0 Å². The van der Waals surface area contributed by atoms with Crippen LogP contribution in [0.25, 0.3) is 0 Å². The summed E-state index contributed by atoms with van der Waals surface area (Å²) in [6, 6.07) is 8.64. The number of amides is 1. The molecule has 2 saturated heterocycles. The van der Waals surface area contributed by atoms with Crippen molar-refractivity contribution in [3.05, 3.63) is 35.4 Å². The van der Waals surface area contributed by atoms with Gasteiger partial charge < -0.3 is 10.1 Å². The Balaban J connectivity index is 1.47. The van der Waals surface area contributed by atoms with E-state index >= 15 is 0 Å². The molecule has 4 heteroatoms. The second-order valence-electron chi connectivity index (χ2n) is 7.68. The van der Waals surface area contributed by atoms with Crippen molar-refractivity contribution in [1.82, 2.24) is 10.2 Å². The lowest BCUT2D eigenvalue weighted by Crippen LogP contribution is -2.38. The van der Waals surface area contributed by atoms with Crippen LogP contribution in [0.4, 0.5) is 0 Å². The number of piperidine rings is 1. The molecule has 0 aromatic heterocycles. The third-order valence-electron chi connectivity index (χ3n) is 5.06. The van der Waals surface area contributed by atoms with Gasteiger partial charge in [-0.2, -0.15) is 0 Å². The third kappa shape index (κ3) is 4.81. The standard InChI is InChI=1S/C20H30N2O2/c1-15-10-16(2)13-22(12-15)14-18-7-5-17(6-8-18)11-21-20(23)19-4-3-9-24-19/h5-8,15-16,19H,3-4,9-14H2,1-2H3,(H,21,23)/t15-,16-,19-/m0/s1. The van der Waals surface area contributed by atoms with E-state index < -0.39 is 0 Å². The molecule has 2 heterocycles. The van der Waals surface area contributed by atoms with Gasteiger partial charge in [-0.1, -0.05) is 38.1 Å². The molecule has 0 saturated carbocycles. The Hall–Kier alpha value is -1.39. The van der Waals surface area contributed by atoms with Crippen LogP contribution in [0.15, 0.2) is 24.3 Å². The van der Waals surface area contributed by atoms with Gasteiger partial charge in [0.2, 0.25) is 5.91 Å². The molecule has 3 rings (SSSR count). The minimum atomic E-state index is -0.243. The highest BCUT2D eigenvalue weighted by Crippen LogP contribution is 2.22. The van der Waals surface area contributed by atoms with Gasteiger partial charge in [0.1, 0.15) is 6.10 Å². The van der Waals surface area contributed by atoms with Crippen LogP contribution >= 0.6 is 0 Å². The Morgan fingerprint density at radius 3 is 2.46 bits per heavy atom. The monoisotopic (exact) mass is 330 g/mol. The Labute approximate surface area is 145 Å². The summed E-state index contributed by atoms with van der Waals surface area (Å²) in [4.78, 5) is 14.5. The van der Waals surface area contributed by atoms with Crippen LogP contribution in [-0.2, 0) is 22.6 Å². The van der Waals surface area contributed by atoms with Gasteiger partial charge in [0.15, 0.2) is 0 Å². The topological polar surface area (TPSA) is 41.6 Å². The van der Waals surface area contributed by atoms with E-state index in [0.29, 0.717) is 13.2 Å². The molecule has 1 aromatic carbocycles. The van der Waals surface area contributed by atoms with Gasteiger partial charge in [0.05, 0.1) is 0 Å². The zero-order valence-corrected chi connectivity index (χ0v) is 15.0. The molecular weight excluding hydrogens is 300 g/mol. The largest absolute Gasteiger partial charge is 0.368 e. The predicted molar refractivity (Wildman–Crippen MR) is 95.5 cm³/mol. The highest BCUT2D eigenvalue weighted by molar-refractivity contribution is 5.80. The molecule has 2 aliphatic heterocycles. The molecule has 0 radical (unpaired) electrons. The van der Waals surface area contributed by atoms with Gasteiger partial charge >= 0.3 is 0 Å². The highest BCUT2D eigenvalue weighted by atomic mass is 16.5. The third-order valence-corrected chi connectivity index (χ3v) is 5.06. The van der Waals surface area contributed by atoms with Crippen LogP contribution in [0, 0.1) is 11.8 Å². The first-order valence-electron chi connectivity index (χ1n) is 9.29. The summed E-state index contributed by atoms with van der Waals surface area (Å²) >= 11 is 0. The number of ether oxygens (including phenoxy) is 1. The van der Waals surface area contributed by atoms with E-state index in [9.17, 15) is 4.79 Å². The molecule has 2 fully saturated rings. The van der Waals surface area contributed by atoms with E-state index in [2.05, 4.69) is 48.3 Å². The van der Waals surface area contributed by atoms with Crippen LogP contribution in [0.1, 0.15) is 44.2 Å². The fraction of sp³-hybridized carbons (Fsp3) is 0.650. The summed E-state index contributed by atoms with van der Waals surface area (Å²) in [6.45, 7) is 9.41. The first-order chi connectivity index (χ1) is 11.6. The summed E-state index contributed by atoms with van der Waals surface area (Å²) in [7, 11) is 0. The van der Waals surface area contributed by atoms with E-state index in [0.717, 1.165) is 36.8 Å². The second-order valence-corrected chi connectivity index (χ2v) is 7.68. The lowest BCUT2D eigenvalue weighted by Gasteiger charge is -2.35. The van der Waals surface area contributed by atoms with E-state index in [4.69, 9.17) is 4.74 Å². The first-order valence-corrected chi connectivity index (χ1v) is 9.29. The van der Waals surface area contributed by atoms with Crippen LogP contribution in [0.5, 0.6) is 0 Å². The van der Waals surface area contributed by atoms with Crippen LogP contribution in [-0.4, -0.2) is 36.6 Å². The number of carbonyl (C=O) groups excluding carboxylic acids is 1. The van der Waals surface area contributed by atoms with Crippen molar-refractivity contribution in [3.8, 4) is 0 Å². The molecular formula is C20H30N2O2. The van der Waals surface area contributed by atoms with Crippen LogP contribution in [0.2, 0.25) is 0 Å². The minimum Gasteiger partial charge on any atom is -0.368 e. The molecule has 1 amide bonds. The number of likely N-dealkylation sites (tertiary alicyclic amines) is 1. The van der Waals surface area contributed by atoms with Gasteiger partial charge in [-0.05, 0) is 42.2 Å². The molecule has 4 nitrogen and oxygen atoms in total. The quantitative estimate of drug-likeness (QED) is 0.902. The molecule has 0 spiro atoms. The smallest absolute Gasteiger partial charge is 0.249 e. The molecule has 0 aliphatic carbocycles. The number of hydrogen-bond donors (Lipinski definition) is 1.